The molecule has 124 valence electrons. The standard InChI is InChI=1S/C15H16F3N3O2/c1-7-5-9-11(20-23-12(9)8-3-4-8)10-6-19-13(21(7)10)14(2,22)15(16,17)18/h6-8,22H,3-5H2,1-2H3. The number of rotatable bonds is 2. The summed E-state index contributed by atoms with van der Waals surface area (Å²) in [6.45, 7) is 2.54. The van der Waals surface area contributed by atoms with E-state index in [0.717, 1.165) is 31.1 Å². The molecule has 23 heavy (non-hydrogen) atoms. The number of nitrogens with zero attached hydrogens (tertiary/aromatic N) is 3. The van der Waals surface area contributed by atoms with Gasteiger partial charge in [-0.15, -0.1) is 0 Å². The zero-order valence-corrected chi connectivity index (χ0v) is 12.7. The summed E-state index contributed by atoms with van der Waals surface area (Å²) in [6, 6.07) is -0.263. The van der Waals surface area contributed by atoms with E-state index < -0.39 is 17.6 Å². The second kappa shape index (κ2) is 4.37. The van der Waals surface area contributed by atoms with E-state index in [4.69, 9.17) is 4.52 Å². The molecule has 2 aliphatic rings. The first-order valence-electron chi connectivity index (χ1n) is 7.57. The van der Waals surface area contributed by atoms with Crippen LogP contribution in [0.3, 0.4) is 0 Å². The van der Waals surface area contributed by atoms with Gasteiger partial charge in [-0.1, -0.05) is 5.16 Å². The summed E-state index contributed by atoms with van der Waals surface area (Å²) in [5, 5.41) is 14.0. The number of aromatic nitrogens is 3. The van der Waals surface area contributed by atoms with E-state index in [9.17, 15) is 18.3 Å². The predicted molar refractivity (Wildman–Crippen MR) is 73.7 cm³/mol. The number of alkyl halides is 3. The summed E-state index contributed by atoms with van der Waals surface area (Å²) in [6.07, 6.45) is -0.830. The number of halogens is 3. The Labute approximate surface area is 130 Å². The van der Waals surface area contributed by atoms with Gasteiger partial charge in [0.1, 0.15) is 11.5 Å². The Kier molecular flexibility index (Phi) is 2.80. The van der Waals surface area contributed by atoms with Crippen molar-refractivity contribution in [3.63, 3.8) is 0 Å². The van der Waals surface area contributed by atoms with E-state index in [1.54, 1.807) is 0 Å². The highest BCUT2D eigenvalue weighted by Crippen LogP contribution is 2.48. The van der Waals surface area contributed by atoms with Gasteiger partial charge in [0.05, 0.1) is 11.9 Å². The van der Waals surface area contributed by atoms with E-state index in [2.05, 4.69) is 10.1 Å². The Morgan fingerprint density at radius 3 is 2.65 bits per heavy atom. The van der Waals surface area contributed by atoms with Crippen molar-refractivity contribution < 1.29 is 22.8 Å². The number of hydrogen-bond acceptors (Lipinski definition) is 4. The van der Waals surface area contributed by atoms with Crippen LogP contribution in [0.4, 0.5) is 13.2 Å². The SMILES string of the molecule is CC1Cc2c(noc2C2CC2)-c2cnc(C(C)(O)C(F)(F)F)n21. The zero-order chi connectivity index (χ0) is 16.6. The van der Waals surface area contributed by atoms with Crippen molar-refractivity contribution in [1.29, 1.82) is 0 Å². The Bertz CT molecular complexity index is 772. The fourth-order valence-corrected chi connectivity index (χ4v) is 3.24. The largest absolute Gasteiger partial charge is 0.424 e. The molecule has 1 aliphatic heterocycles. The molecule has 0 aromatic carbocycles. The van der Waals surface area contributed by atoms with Gasteiger partial charge in [0.2, 0.25) is 5.60 Å². The average Bonchev–Trinajstić information content (AvgIpc) is 3.03. The monoisotopic (exact) mass is 327 g/mol. The predicted octanol–water partition coefficient (Wildman–Crippen LogP) is 3.30. The normalized spacial score (nSPS) is 23.3. The number of hydrogen-bond donors (Lipinski definition) is 1. The molecule has 5 nitrogen and oxygen atoms in total. The van der Waals surface area contributed by atoms with Crippen LogP contribution in [0, 0.1) is 0 Å². The minimum absolute atomic E-state index is 0.263. The molecule has 1 saturated carbocycles. The summed E-state index contributed by atoms with van der Waals surface area (Å²) in [5.74, 6) is 0.822. The maximum atomic E-state index is 13.2. The minimum atomic E-state index is -4.81. The lowest BCUT2D eigenvalue weighted by Crippen LogP contribution is -2.42. The minimum Gasteiger partial charge on any atom is -0.374 e. The van der Waals surface area contributed by atoms with Gasteiger partial charge in [0.25, 0.3) is 0 Å². The highest BCUT2D eigenvalue weighted by molar-refractivity contribution is 5.63. The van der Waals surface area contributed by atoms with Crippen molar-refractivity contribution in [3.8, 4) is 11.4 Å². The second-order valence-corrected chi connectivity index (χ2v) is 6.61. The Morgan fingerprint density at radius 1 is 1.35 bits per heavy atom. The molecule has 3 heterocycles. The molecule has 8 heteroatoms. The molecule has 0 spiro atoms. The Hall–Kier alpha value is -1.83. The zero-order valence-electron chi connectivity index (χ0n) is 12.7. The van der Waals surface area contributed by atoms with E-state index in [1.807, 2.05) is 6.92 Å². The van der Waals surface area contributed by atoms with Gasteiger partial charge in [-0.3, -0.25) is 0 Å². The number of imidazole rings is 1. The molecule has 4 rings (SSSR count). The highest BCUT2D eigenvalue weighted by Gasteiger charge is 2.55. The van der Waals surface area contributed by atoms with Crippen molar-refractivity contribution >= 4 is 0 Å². The molecular weight excluding hydrogens is 311 g/mol. The topological polar surface area (TPSA) is 64.1 Å². The smallest absolute Gasteiger partial charge is 0.374 e. The second-order valence-electron chi connectivity index (χ2n) is 6.61. The van der Waals surface area contributed by atoms with E-state index in [0.29, 0.717) is 23.7 Å². The molecule has 2 aromatic rings. The van der Waals surface area contributed by atoms with E-state index in [-0.39, 0.29) is 6.04 Å². The lowest BCUT2D eigenvalue weighted by Gasteiger charge is -2.30. The third kappa shape index (κ3) is 1.97. The molecule has 0 bridgehead atoms. The average molecular weight is 327 g/mol. The third-order valence-corrected chi connectivity index (χ3v) is 4.73. The molecule has 1 N–H and O–H groups in total. The van der Waals surface area contributed by atoms with Crippen molar-refractivity contribution in [2.24, 2.45) is 0 Å². The first kappa shape index (κ1) is 14.7. The van der Waals surface area contributed by atoms with E-state index in [1.165, 1.54) is 10.8 Å². The van der Waals surface area contributed by atoms with Gasteiger partial charge in [0.15, 0.2) is 5.82 Å². The van der Waals surface area contributed by atoms with Gasteiger partial charge in [0, 0.05) is 17.5 Å². The van der Waals surface area contributed by atoms with Gasteiger partial charge >= 0.3 is 6.18 Å². The molecule has 0 amide bonds. The van der Waals surface area contributed by atoms with Gasteiger partial charge < -0.3 is 14.2 Å². The van der Waals surface area contributed by atoms with Gasteiger partial charge in [-0.25, -0.2) is 4.98 Å². The van der Waals surface area contributed by atoms with Crippen LogP contribution in [0.5, 0.6) is 0 Å². The van der Waals surface area contributed by atoms with Crippen LogP contribution in [-0.2, 0) is 12.0 Å². The summed E-state index contributed by atoms with van der Waals surface area (Å²) < 4.78 is 46.4. The fraction of sp³-hybridized carbons (Fsp3) is 0.600. The molecule has 2 atom stereocenters. The maximum absolute atomic E-state index is 13.2. The molecule has 1 aliphatic carbocycles. The lowest BCUT2D eigenvalue weighted by molar-refractivity contribution is -0.262. The van der Waals surface area contributed by atoms with Gasteiger partial charge in [-0.2, -0.15) is 13.2 Å². The van der Waals surface area contributed by atoms with Crippen molar-refractivity contribution in [2.75, 3.05) is 0 Å². The number of fused-ring (bicyclic) bond motifs is 3. The molecule has 0 radical (unpaired) electrons. The summed E-state index contributed by atoms with van der Waals surface area (Å²) >= 11 is 0. The molecule has 1 fully saturated rings. The first-order chi connectivity index (χ1) is 10.7. The van der Waals surface area contributed by atoms with Crippen LogP contribution in [-0.4, -0.2) is 26.0 Å². The molecular formula is C15H16F3N3O2. The van der Waals surface area contributed by atoms with Crippen molar-refractivity contribution in [2.45, 2.75) is 56.8 Å². The van der Waals surface area contributed by atoms with Crippen LogP contribution in [0.25, 0.3) is 11.4 Å². The molecule has 0 saturated heterocycles. The van der Waals surface area contributed by atoms with Crippen LogP contribution < -0.4 is 0 Å². The quantitative estimate of drug-likeness (QED) is 0.919. The fourth-order valence-electron chi connectivity index (χ4n) is 3.24. The van der Waals surface area contributed by atoms with Crippen molar-refractivity contribution in [3.05, 3.63) is 23.3 Å². The molecule has 2 aromatic heterocycles. The summed E-state index contributed by atoms with van der Waals surface area (Å²) in [7, 11) is 0. The maximum Gasteiger partial charge on any atom is 0.424 e. The van der Waals surface area contributed by atoms with Crippen molar-refractivity contribution in [1.82, 2.24) is 14.7 Å². The third-order valence-electron chi connectivity index (χ3n) is 4.73. The van der Waals surface area contributed by atoms with Crippen LogP contribution in [0.15, 0.2) is 10.7 Å². The van der Waals surface area contributed by atoms with Crippen LogP contribution >= 0.6 is 0 Å². The Morgan fingerprint density at radius 2 is 2.04 bits per heavy atom. The highest BCUT2D eigenvalue weighted by atomic mass is 19.4. The summed E-state index contributed by atoms with van der Waals surface area (Å²) in [5.41, 5.74) is -1.04. The van der Waals surface area contributed by atoms with Gasteiger partial charge in [-0.05, 0) is 33.1 Å². The van der Waals surface area contributed by atoms with Crippen LogP contribution in [0.2, 0.25) is 0 Å². The van der Waals surface area contributed by atoms with Crippen LogP contribution in [0.1, 0.15) is 55.8 Å². The van der Waals surface area contributed by atoms with E-state index >= 15 is 0 Å². The summed E-state index contributed by atoms with van der Waals surface area (Å²) in [4.78, 5) is 3.87. The first-order valence-corrected chi connectivity index (χ1v) is 7.57. The number of aliphatic hydroxyl groups is 1. The molecule has 2 unspecified atom stereocenters. The Balaban J connectivity index is 1.86. The lowest BCUT2D eigenvalue weighted by atomic mass is 9.96.